The number of hydrazone groups is 1. The van der Waals surface area contributed by atoms with E-state index in [1.165, 1.54) is 11.8 Å². The van der Waals surface area contributed by atoms with Gasteiger partial charge < -0.3 is 4.90 Å². The van der Waals surface area contributed by atoms with Crippen molar-refractivity contribution in [2.24, 2.45) is 5.10 Å². The molecule has 1 atom stereocenters. The summed E-state index contributed by atoms with van der Waals surface area (Å²) in [7, 11) is 4.03. The maximum atomic E-state index is 13.4. The van der Waals surface area contributed by atoms with Gasteiger partial charge in [-0.1, -0.05) is 59.8 Å². The third-order valence-corrected chi connectivity index (χ3v) is 8.15. The molecule has 1 amide bonds. The third-order valence-electron chi connectivity index (χ3n) is 5.73. The molecule has 34 heavy (non-hydrogen) atoms. The summed E-state index contributed by atoms with van der Waals surface area (Å²) in [5.74, 6) is 0.249. The molecule has 1 aliphatic heterocycles. The van der Waals surface area contributed by atoms with E-state index in [0.717, 1.165) is 37.1 Å². The second-order valence-electron chi connectivity index (χ2n) is 8.23. The summed E-state index contributed by atoms with van der Waals surface area (Å²) in [5, 5.41) is 7.10. The fourth-order valence-electron chi connectivity index (χ4n) is 3.91. The zero-order valence-corrected chi connectivity index (χ0v) is 21.2. The Morgan fingerprint density at radius 1 is 1.09 bits per heavy atom. The van der Waals surface area contributed by atoms with Crippen molar-refractivity contribution in [2.75, 3.05) is 24.7 Å². The molecular weight excluding hydrogens is 484 g/mol. The molecule has 0 fully saturated rings. The number of para-hydroxylation sites is 1. The van der Waals surface area contributed by atoms with Gasteiger partial charge in [-0.05, 0) is 47.5 Å². The average Bonchev–Trinajstić information content (AvgIpc) is 3.48. The van der Waals surface area contributed by atoms with Crippen molar-refractivity contribution >= 4 is 62.2 Å². The molecule has 0 radical (unpaired) electrons. The number of rotatable bonds is 6. The minimum absolute atomic E-state index is 0.0325. The van der Waals surface area contributed by atoms with Crippen LogP contribution in [0.25, 0.3) is 10.2 Å². The molecule has 1 aliphatic rings. The van der Waals surface area contributed by atoms with Crippen LogP contribution >= 0.6 is 34.7 Å². The highest BCUT2D eigenvalue weighted by atomic mass is 35.5. The van der Waals surface area contributed by atoms with E-state index in [1.54, 1.807) is 16.3 Å². The lowest BCUT2D eigenvalue weighted by atomic mass is 9.98. The Labute approximate surface area is 212 Å². The maximum absolute atomic E-state index is 13.4. The van der Waals surface area contributed by atoms with Crippen LogP contribution in [0.15, 0.2) is 82.2 Å². The first-order valence-corrected chi connectivity index (χ1v) is 13.1. The van der Waals surface area contributed by atoms with Crippen LogP contribution in [0.1, 0.15) is 23.6 Å². The number of benzene rings is 3. The smallest absolute Gasteiger partial charge is 0.253 e. The highest BCUT2D eigenvalue weighted by molar-refractivity contribution is 8.01. The average molecular weight is 507 g/mol. The van der Waals surface area contributed by atoms with Crippen molar-refractivity contribution in [2.45, 2.75) is 16.8 Å². The normalized spacial score (nSPS) is 15.6. The number of carbonyl (C=O) groups is 1. The first-order valence-electron chi connectivity index (χ1n) is 10.9. The monoisotopic (exact) mass is 506 g/mol. The molecule has 0 saturated carbocycles. The van der Waals surface area contributed by atoms with Crippen molar-refractivity contribution in [1.82, 2.24) is 9.99 Å². The Morgan fingerprint density at radius 2 is 1.82 bits per heavy atom. The first-order chi connectivity index (χ1) is 16.5. The van der Waals surface area contributed by atoms with Gasteiger partial charge in [0.2, 0.25) is 0 Å². The van der Waals surface area contributed by atoms with Gasteiger partial charge in [-0.3, -0.25) is 4.79 Å². The quantitative estimate of drug-likeness (QED) is 0.280. The van der Waals surface area contributed by atoms with E-state index in [-0.39, 0.29) is 17.7 Å². The van der Waals surface area contributed by atoms with Gasteiger partial charge in [0.15, 0.2) is 4.34 Å². The van der Waals surface area contributed by atoms with Gasteiger partial charge in [-0.2, -0.15) is 5.10 Å². The molecule has 1 aromatic heterocycles. The van der Waals surface area contributed by atoms with Crippen molar-refractivity contribution in [3.8, 4) is 0 Å². The number of hydrogen-bond acceptors (Lipinski definition) is 6. The third kappa shape index (κ3) is 4.82. The summed E-state index contributed by atoms with van der Waals surface area (Å²) < 4.78 is 2.02. The minimum atomic E-state index is -0.148. The molecule has 3 aromatic carbocycles. The molecular formula is C26H23ClN4OS2. The number of fused-ring (bicyclic) bond motifs is 1. The molecule has 0 aliphatic carbocycles. The van der Waals surface area contributed by atoms with E-state index in [4.69, 9.17) is 16.7 Å². The van der Waals surface area contributed by atoms with E-state index in [2.05, 4.69) is 40.2 Å². The Morgan fingerprint density at radius 3 is 2.53 bits per heavy atom. The molecule has 0 saturated heterocycles. The van der Waals surface area contributed by atoms with Gasteiger partial charge in [0.1, 0.15) is 0 Å². The molecule has 0 spiro atoms. The number of anilines is 1. The van der Waals surface area contributed by atoms with Crippen LogP contribution < -0.4 is 4.90 Å². The molecule has 1 unspecified atom stereocenters. The number of hydrogen-bond donors (Lipinski definition) is 0. The molecule has 5 rings (SSSR count). The zero-order valence-electron chi connectivity index (χ0n) is 18.8. The Kier molecular flexibility index (Phi) is 6.59. The molecule has 2 heterocycles. The molecule has 8 heteroatoms. The topological polar surface area (TPSA) is 48.8 Å². The van der Waals surface area contributed by atoms with Crippen molar-refractivity contribution in [1.29, 1.82) is 0 Å². The molecule has 172 valence electrons. The Balaban J connectivity index is 1.39. The fraction of sp³-hybridized carbons (Fsp3) is 0.192. The van der Waals surface area contributed by atoms with Gasteiger partial charge in [0.25, 0.3) is 5.91 Å². The van der Waals surface area contributed by atoms with Crippen LogP contribution in [0.4, 0.5) is 5.69 Å². The molecule has 5 nitrogen and oxygen atoms in total. The number of nitrogens with zero attached hydrogens (tertiary/aromatic N) is 4. The molecule has 0 N–H and O–H groups in total. The Bertz CT molecular complexity index is 1320. The number of carbonyl (C=O) groups excluding carboxylic acids is 1. The highest BCUT2D eigenvalue weighted by Gasteiger charge is 2.33. The second-order valence-corrected chi connectivity index (χ2v) is 10.9. The SMILES string of the molecule is CN(C)c1ccc(C2CC(c3ccc(Cl)cc3)=NN2C(=O)CSc2nc3ccccc3s2)cc1. The summed E-state index contributed by atoms with van der Waals surface area (Å²) in [4.78, 5) is 20.1. The highest BCUT2D eigenvalue weighted by Crippen LogP contribution is 2.35. The van der Waals surface area contributed by atoms with Gasteiger partial charge in [-0.15, -0.1) is 11.3 Å². The first kappa shape index (κ1) is 22.9. The molecule has 0 bridgehead atoms. The lowest BCUT2D eigenvalue weighted by molar-refractivity contribution is -0.130. The summed E-state index contributed by atoms with van der Waals surface area (Å²) in [6.45, 7) is 0. The second kappa shape index (κ2) is 9.78. The van der Waals surface area contributed by atoms with Crippen molar-refractivity contribution in [3.63, 3.8) is 0 Å². The minimum Gasteiger partial charge on any atom is -0.378 e. The number of thioether (sulfide) groups is 1. The van der Waals surface area contributed by atoms with E-state index in [1.807, 2.05) is 56.6 Å². The largest absolute Gasteiger partial charge is 0.378 e. The Hall–Kier alpha value is -2.87. The van der Waals surface area contributed by atoms with Crippen LogP contribution in [0, 0.1) is 0 Å². The zero-order chi connectivity index (χ0) is 23.7. The van der Waals surface area contributed by atoms with Crippen LogP contribution in [0.5, 0.6) is 0 Å². The van der Waals surface area contributed by atoms with Crippen molar-refractivity contribution < 1.29 is 4.79 Å². The van der Waals surface area contributed by atoms with Gasteiger partial charge in [-0.25, -0.2) is 9.99 Å². The lowest BCUT2D eigenvalue weighted by Gasteiger charge is -2.22. The number of amides is 1. The summed E-state index contributed by atoms with van der Waals surface area (Å²) >= 11 is 9.15. The van der Waals surface area contributed by atoms with Crippen LogP contribution in [0.3, 0.4) is 0 Å². The van der Waals surface area contributed by atoms with Crippen molar-refractivity contribution in [3.05, 3.63) is 88.9 Å². The predicted molar refractivity (Wildman–Crippen MR) is 143 cm³/mol. The number of aromatic nitrogens is 1. The molecule has 4 aromatic rings. The van der Waals surface area contributed by atoms with E-state index >= 15 is 0 Å². The lowest BCUT2D eigenvalue weighted by Crippen LogP contribution is -2.28. The summed E-state index contributed by atoms with van der Waals surface area (Å²) in [6, 6.07) is 23.8. The standard InChI is InChI=1S/C26H23ClN4OS2/c1-30(2)20-13-9-18(10-14-20)23-15-22(17-7-11-19(27)12-8-17)29-31(23)25(32)16-33-26-28-21-5-3-4-6-24(21)34-26/h3-14,23H,15-16H2,1-2H3. The predicted octanol–water partition coefficient (Wildman–Crippen LogP) is 6.49. The maximum Gasteiger partial charge on any atom is 0.253 e. The van der Waals surface area contributed by atoms with Gasteiger partial charge in [0.05, 0.1) is 27.7 Å². The van der Waals surface area contributed by atoms with E-state index < -0.39 is 0 Å². The van der Waals surface area contributed by atoms with Gasteiger partial charge in [0, 0.05) is 31.2 Å². The summed E-state index contributed by atoms with van der Waals surface area (Å²) in [6.07, 6.45) is 0.653. The van der Waals surface area contributed by atoms with E-state index in [0.29, 0.717) is 11.4 Å². The fourth-order valence-corrected chi connectivity index (χ4v) is 5.96. The summed E-state index contributed by atoms with van der Waals surface area (Å²) in [5.41, 5.74) is 5.01. The van der Waals surface area contributed by atoms with Crippen LogP contribution in [-0.4, -0.2) is 41.5 Å². The van der Waals surface area contributed by atoms with Crippen LogP contribution in [-0.2, 0) is 4.79 Å². The van der Waals surface area contributed by atoms with Gasteiger partial charge >= 0.3 is 0 Å². The number of thiazole rings is 1. The van der Waals surface area contributed by atoms with Crippen LogP contribution in [0.2, 0.25) is 5.02 Å². The number of halogens is 1. The van der Waals surface area contributed by atoms with E-state index in [9.17, 15) is 4.79 Å².